The summed E-state index contributed by atoms with van der Waals surface area (Å²) in [5, 5.41) is 20.7. The third kappa shape index (κ3) is 6.00. The minimum atomic E-state index is -4.48. The van der Waals surface area contributed by atoms with Gasteiger partial charge in [0.05, 0.1) is 30.9 Å². The summed E-state index contributed by atoms with van der Waals surface area (Å²) in [7, 11) is 0. The summed E-state index contributed by atoms with van der Waals surface area (Å²) in [4.78, 5) is 35.0. The first-order valence-electron chi connectivity index (χ1n) is 10.5. The highest BCUT2D eigenvalue weighted by Crippen LogP contribution is 2.33. The summed E-state index contributed by atoms with van der Waals surface area (Å²) in [6, 6.07) is 2.74. The van der Waals surface area contributed by atoms with Crippen LogP contribution in [0.25, 0.3) is 0 Å². The molecule has 0 spiro atoms. The molecule has 2 atom stereocenters. The van der Waals surface area contributed by atoms with E-state index in [4.69, 9.17) is 9.84 Å². The van der Waals surface area contributed by atoms with E-state index >= 15 is 0 Å². The molecule has 2 amide bonds. The Morgan fingerprint density at radius 1 is 1.35 bits per heavy atom. The van der Waals surface area contributed by atoms with Crippen molar-refractivity contribution >= 4 is 11.8 Å². The molecule has 1 aliphatic heterocycles. The van der Waals surface area contributed by atoms with Gasteiger partial charge in [-0.05, 0) is 31.5 Å². The standard InChI is InChI=1S/C22H25F3N4O5/c1-12-5-14(7-28-20(12)34-11-22(23,24)25)13(2)29-9-17-16(21(29)33)3-4-26-18(17)6-19(32)27-8-15(31)10-30/h3-5,7,13,15,30-31H,6,8-11H2,1-2H3,(H,27,32)/t13?,15-/m1/s1. The summed E-state index contributed by atoms with van der Waals surface area (Å²) < 4.78 is 42.0. The number of hydrogen-bond acceptors (Lipinski definition) is 7. The molecular weight excluding hydrogens is 457 g/mol. The lowest BCUT2D eigenvalue weighted by atomic mass is 10.1. The molecule has 0 aromatic carbocycles. The average molecular weight is 482 g/mol. The number of aromatic nitrogens is 2. The van der Waals surface area contributed by atoms with Gasteiger partial charge in [-0.25, -0.2) is 4.98 Å². The predicted octanol–water partition coefficient (Wildman–Crippen LogP) is 1.46. The first-order valence-corrected chi connectivity index (χ1v) is 10.5. The van der Waals surface area contributed by atoms with Gasteiger partial charge in [0.15, 0.2) is 6.61 Å². The van der Waals surface area contributed by atoms with Gasteiger partial charge in [0.1, 0.15) is 0 Å². The van der Waals surface area contributed by atoms with Crippen molar-refractivity contribution in [3.05, 3.63) is 52.5 Å². The predicted molar refractivity (Wildman–Crippen MR) is 113 cm³/mol. The highest BCUT2D eigenvalue weighted by atomic mass is 19.4. The number of hydrogen-bond donors (Lipinski definition) is 3. The Balaban J connectivity index is 1.72. The number of ether oxygens (including phenoxy) is 1. The fourth-order valence-corrected chi connectivity index (χ4v) is 3.58. The topological polar surface area (TPSA) is 125 Å². The molecule has 0 radical (unpaired) electrons. The first kappa shape index (κ1) is 25.4. The number of amides is 2. The van der Waals surface area contributed by atoms with Crippen molar-refractivity contribution in [3.63, 3.8) is 0 Å². The molecule has 3 N–H and O–H groups in total. The Kier molecular flexibility index (Phi) is 7.72. The molecule has 12 heteroatoms. The number of carbonyl (C=O) groups is 2. The van der Waals surface area contributed by atoms with Crippen LogP contribution >= 0.6 is 0 Å². The van der Waals surface area contributed by atoms with Crippen molar-refractivity contribution < 1.29 is 37.7 Å². The van der Waals surface area contributed by atoms with Gasteiger partial charge in [0.25, 0.3) is 5.91 Å². The van der Waals surface area contributed by atoms with E-state index in [1.807, 2.05) is 0 Å². The molecule has 0 fully saturated rings. The van der Waals surface area contributed by atoms with Crippen molar-refractivity contribution in [2.75, 3.05) is 19.8 Å². The van der Waals surface area contributed by atoms with Crippen molar-refractivity contribution in [1.82, 2.24) is 20.2 Å². The zero-order chi connectivity index (χ0) is 25.0. The molecule has 2 aromatic heterocycles. The molecule has 1 unspecified atom stereocenters. The van der Waals surface area contributed by atoms with Crippen LogP contribution in [0.15, 0.2) is 24.5 Å². The second-order valence-corrected chi connectivity index (χ2v) is 8.00. The number of pyridine rings is 2. The molecule has 0 saturated carbocycles. The maximum absolute atomic E-state index is 13.0. The van der Waals surface area contributed by atoms with Crippen molar-refractivity contribution in [2.45, 2.75) is 45.1 Å². The smallest absolute Gasteiger partial charge is 0.422 e. The minimum absolute atomic E-state index is 0.108. The van der Waals surface area contributed by atoms with Gasteiger partial charge in [-0.3, -0.25) is 14.6 Å². The van der Waals surface area contributed by atoms with E-state index in [0.29, 0.717) is 27.9 Å². The minimum Gasteiger partial charge on any atom is -0.468 e. The van der Waals surface area contributed by atoms with Crippen LogP contribution in [0.5, 0.6) is 5.88 Å². The van der Waals surface area contributed by atoms with E-state index in [1.54, 1.807) is 30.9 Å². The fourth-order valence-electron chi connectivity index (χ4n) is 3.58. The lowest BCUT2D eigenvalue weighted by molar-refractivity contribution is -0.154. The Morgan fingerprint density at radius 2 is 2.09 bits per heavy atom. The molecule has 9 nitrogen and oxygen atoms in total. The van der Waals surface area contributed by atoms with Gasteiger partial charge in [-0.1, -0.05) is 0 Å². The van der Waals surface area contributed by atoms with Gasteiger partial charge in [0, 0.05) is 42.2 Å². The number of halogens is 3. The largest absolute Gasteiger partial charge is 0.468 e. The van der Waals surface area contributed by atoms with Gasteiger partial charge in [0.2, 0.25) is 11.8 Å². The number of aliphatic hydroxyl groups excluding tert-OH is 2. The number of nitrogens with one attached hydrogen (secondary N) is 1. The molecule has 2 aromatic rings. The van der Waals surface area contributed by atoms with E-state index in [2.05, 4.69) is 15.3 Å². The monoisotopic (exact) mass is 482 g/mol. The SMILES string of the molecule is Cc1cc(C(C)N2Cc3c(ccnc3CC(=O)NC[C@@H](O)CO)C2=O)cnc1OCC(F)(F)F. The Morgan fingerprint density at radius 3 is 2.74 bits per heavy atom. The average Bonchev–Trinajstić information content (AvgIpc) is 3.13. The molecule has 34 heavy (non-hydrogen) atoms. The quantitative estimate of drug-likeness (QED) is 0.494. The number of fused-ring (bicyclic) bond motifs is 1. The van der Waals surface area contributed by atoms with Crippen LogP contribution in [0.2, 0.25) is 0 Å². The lowest BCUT2D eigenvalue weighted by Gasteiger charge is -2.25. The van der Waals surface area contributed by atoms with Crippen molar-refractivity contribution in [1.29, 1.82) is 0 Å². The third-order valence-corrected chi connectivity index (χ3v) is 5.41. The number of nitrogens with zero attached hydrogens (tertiary/aromatic N) is 3. The van der Waals surface area contributed by atoms with Crippen LogP contribution in [0.1, 0.15) is 45.7 Å². The fraction of sp³-hybridized carbons (Fsp3) is 0.455. The van der Waals surface area contributed by atoms with Crippen LogP contribution in [0, 0.1) is 6.92 Å². The van der Waals surface area contributed by atoms with Gasteiger partial charge >= 0.3 is 6.18 Å². The molecule has 0 bridgehead atoms. The second kappa shape index (κ2) is 10.3. The maximum atomic E-state index is 13.0. The summed E-state index contributed by atoms with van der Waals surface area (Å²) in [6.45, 7) is 1.50. The number of carbonyl (C=O) groups excluding carboxylic acids is 2. The van der Waals surface area contributed by atoms with Gasteiger partial charge in [-0.2, -0.15) is 13.2 Å². The Labute approximate surface area is 193 Å². The number of alkyl halides is 3. The van der Waals surface area contributed by atoms with E-state index < -0.39 is 37.4 Å². The highest BCUT2D eigenvalue weighted by molar-refractivity contribution is 5.99. The zero-order valence-corrected chi connectivity index (χ0v) is 18.6. The molecule has 0 aliphatic carbocycles. The highest BCUT2D eigenvalue weighted by Gasteiger charge is 2.34. The summed E-state index contributed by atoms with van der Waals surface area (Å²) in [6.07, 6.45) is -2.84. The van der Waals surface area contributed by atoms with Crippen LogP contribution in [-0.4, -0.2) is 68.9 Å². The van der Waals surface area contributed by atoms with Crippen molar-refractivity contribution in [2.24, 2.45) is 0 Å². The number of aryl methyl sites for hydroxylation is 1. The van der Waals surface area contributed by atoms with E-state index in [1.165, 1.54) is 12.4 Å². The van der Waals surface area contributed by atoms with Crippen LogP contribution in [-0.2, 0) is 17.8 Å². The molecule has 0 saturated heterocycles. The zero-order valence-electron chi connectivity index (χ0n) is 18.6. The van der Waals surface area contributed by atoms with E-state index in [0.717, 1.165) is 0 Å². The number of rotatable bonds is 9. The van der Waals surface area contributed by atoms with Gasteiger partial charge in [-0.15, -0.1) is 0 Å². The van der Waals surface area contributed by atoms with E-state index in [-0.39, 0.29) is 31.3 Å². The summed E-state index contributed by atoms with van der Waals surface area (Å²) in [5.74, 6) is -0.813. The van der Waals surface area contributed by atoms with E-state index in [9.17, 15) is 27.9 Å². The summed E-state index contributed by atoms with van der Waals surface area (Å²) >= 11 is 0. The number of aliphatic hydroxyl groups is 2. The van der Waals surface area contributed by atoms with Crippen LogP contribution in [0.4, 0.5) is 13.2 Å². The Hall–Kier alpha value is -3.25. The maximum Gasteiger partial charge on any atom is 0.422 e. The Bertz CT molecular complexity index is 1060. The molecule has 1 aliphatic rings. The summed E-state index contributed by atoms with van der Waals surface area (Å²) in [5.41, 5.74) is 2.45. The van der Waals surface area contributed by atoms with Crippen molar-refractivity contribution in [3.8, 4) is 5.88 Å². The third-order valence-electron chi connectivity index (χ3n) is 5.41. The molecule has 184 valence electrons. The van der Waals surface area contributed by atoms with Gasteiger partial charge < -0.3 is 25.2 Å². The lowest BCUT2D eigenvalue weighted by Crippen LogP contribution is -2.35. The van der Waals surface area contributed by atoms with Crippen LogP contribution < -0.4 is 10.1 Å². The second-order valence-electron chi connectivity index (χ2n) is 8.00. The normalized spacial score (nSPS) is 15.1. The molecular formula is C22H25F3N4O5. The molecule has 3 rings (SSSR count). The first-order chi connectivity index (χ1) is 16.0. The van der Waals surface area contributed by atoms with Crippen LogP contribution in [0.3, 0.4) is 0 Å². The molecule has 3 heterocycles.